The fourth-order valence-corrected chi connectivity index (χ4v) is 2.56. The van der Waals surface area contributed by atoms with Crippen molar-refractivity contribution in [3.8, 4) is 5.75 Å². The maximum atomic E-state index is 9.63. The molecular formula is C13H21NO2S. The van der Waals surface area contributed by atoms with Gasteiger partial charge in [-0.2, -0.15) is 0 Å². The van der Waals surface area contributed by atoms with Gasteiger partial charge < -0.3 is 15.6 Å². The lowest BCUT2D eigenvalue weighted by Gasteiger charge is -2.16. The van der Waals surface area contributed by atoms with Crippen molar-refractivity contribution >= 4 is 17.4 Å². The minimum Gasteiger partial charge on any atom is -0.494 e. The van der Waals surface area contributed by atoms with E-state index in [1.807, 2.05) is 39.0 Å². The molecule has 0 spiro atoms. The van der Waals surface area contributed by atoms with E-state index in [0.717, 1.165) is 28.5 Å². The van der Waals surface area contributed by atoms with Crippen molar-refractivity contribution in [2.75, 3.05) is 18.1 Å². The maximum Gasteiger partial charge on any atom is 0.120 e. The van der Waals surface area contributed by atoms with Crippen molar-refractivity contribution < 1.29 is 9.84 Å². The number of rotatable bonds is 6. The van der Waals surface area contributed by atoms with Gasteiger partial charge in [0.15, 0.2) is 0 Å². The van der Waals surface area contributed by atoms with E-state index in [1.165, 1.54) is 0 Å². The number of aliphatic hydroxyl groups is 1. The van der Waals surface area contributed by atoms with Crippen molar-refractivity contribution in [3.05, 3.63) is 18.2 Å². The molecule has 17 heavy (non-hydrogen) atoms. The van der Waals surface area contributed by atoms with E-state index in [0.29, 0.717) is 6.61 Å². The molecule has 1 rings (SSSR count). The van der Waals surface area contributed by atoms with Crippen LogP contribution in [0.5, 0.6) is 5.75 Å². The van der Waals surface area contributed by atoms with Crippen LogP contribution >= 0.6 is 11.8 Å². The van der Waals surface area contributed by atoms with Crippen LogP contribution in [0.4, 0.5) is 5.69 Å². The van der Waals surface area contributed by atoms with Crippen LogP contribution in [-0.4, -0.2) is 23.1 Å². The topological polar surface area (TPSA) is 55.5 Å². The minimum absolute atomic E-state index is 0.626. The second-order valence-corrected chi connectivity index (χ2v) is 5.68. The van der Waals surface area contributed by atoms with Gasteiger partial charge in [0, 0.05) is 16.3 Å². The molecule has 0 heterocycles. The number of nitrogen functional groups attached to an aromatic ring is 1. The second kappa shape index (κ2) is 6.17. The molecular weight excluding hydrogens is 234 g/mol. The highest BCUT2D eigenvalue weighted by molar-refractivity contribution is 7.99. The van der Waals surface area contributed by atoms with Gasteiger partial charge in [0.1, 0.15) is 5.75 Å². The van der Waals surface area contributed by atoms with Gasteiger partial charge in [0.2, 0.25) is 0 Å². The zero-order valence-electron chi connectivity index (χ0n) is 10.7. The number of hydrogen-bond donors (Lipinski definition) is 2. The predicted molar refractivity (Wildman–Crippen MR) is 73.7 cm³/mol. The van der Waals surface area contributed by atoms with E-state index >= 15 is 0 Å². The van der Waals surface area contributed by atoms with Crippen LogP contribution < -0.4 is 10.5 Å². The van der Waals surface area contributed by atoms with Gasteiger partial charge in [-0.05, 0) is 45.4 Å². The van der Waals surface area contributed by atoms with Crippen LogP contribution in [0, 0.1) is 0 Å². The Balaban J connectivity index is 2.60. The fourth-order valence-electron chi connectivity index (χ4n) is 1.31. The van der Waals surface area contributed by atoms with E-state index in [4.69, 9.17) is 10.5 Å². The summed E-state index contributed by atoms with van der Waals surface area (Å²) in [5.41, 5.74) is 6.03. The normalized spacial score (nSPS) is 11.5. The van der Waals surface area contributed by atoms with Crippen LogP contribution in [0.25, 0.3) is 0 Å². The predicted octanol–water partition coefficient (Wildman–Crippen LogP) is 2.92. The molecule has 1 aromatic rings. The maximum absolute atomic E-state index is 9.63. The minimum atomic E-state index is -0.626. The first-order chi connectivity index (χ1) is 7.92. The van der Waals surface area contributed by atoms with Gasteiger partial charge >= 0.3 is 0 Å². The lowest BCUT2D eigenvalue weighted by molar-refractivity contribution is 0.0778. The van der Waals surface area contributed by atoms with Crippen molar-refractivity contribution in [2.45, 2.75) is 37.7 Å². The molecule has 0 radical (unpaired) electrons. The Bertz CT molecular complexity index is 361. The molecule has 0 bridgehead atoms. The molecule has 0 saturated heterocycles. The molecule has 3 nitrogen and oxygen atoms in total. The Hall–Kier alpha value is -0.870. The first kappa shape index (κ1) is 14.2. The van der Waals surface area contributed by atoms with Crippen LogP contribution in [0.3, 0.4) is 0 Å². The summed E-state index contributed by atoms with van der Waals surface area (Å²) in [6, 6.07) is 5.68. The van der Waals surface area contributed by atoms with Crippen LogP contribution in [0.2, 0.25) is 0 Å². The molecule has 96 valence electrons. The highest BCUT2D eigenvalue weighted by Crippen LogP contribution is 2.30. The first-order valence-electron chi connectivity index (χ1n) is 5.80. The zero-order chi connectivity index (χ0) is 12.9. The van der Waals surface area contributed by atoms with Crippen LogP contribution in [0.15, 0.2) is 23.1 Å². The highest BCUT2D eigenvalue weighted by Gasteiger charge is 2.12. The summed E-state index contributed by atoms with van der Waals surface area (Å²) in [6.45, 7) is 6.23. The van der Waals surface area contributed by atoms with Crippen molar-refractivity contribution in [1.82, 2.24) is 0 Å². The standard InChI is InChI=1S/C13H21NO2S/c1-4-16-10-5-6-11(14)12(9-10)17-8-7-13(2,3)15/h5-6,9,15H,4,7-8,14H2,1-3H3. The summed E-state index contributed by atoms with van der Waals surface area (Å²) < 4.78 is 5.43. The van der Waals surface area contributed by atoms with Gasteiger partial charge in [0.25, 0.3) is 0 Å². The van der Waals surface area contributed by atoms with Gasteiger partial charge in [-0.1, -0.05) is 0 Å². The molecule has 3 N–H and O–H groups in total. The smallest absolute Gasteiger partial charge is 0.120 e. The molecule has 0 aliphatic rings. The fraction of sp³-hybridized carbons (Fsp3) is 0.538. The van der Waals surface area contributed by atoms with Crippen molar-refractivity contribution in [1.29, 1.82) is 0 Å². The number of ether oxygens (including phenoxy) is 1. The number of nitrogens with two attached hydrogens (primary N) is 1. The van der Waals surface area contributed by atoms with E-state index in [-0.39, 0.29) is 0 Å². The molecule has 0 aliphatic heterocycles. The molecule has 0 unspecified atom stereocenters. The Labute approximate surface area is 107 Å². The Morgan fingerprint density at radius 2 is 2.12 bits per heavy atom. The van der Waals surface area contributed by atoms with E-state index in [9.17, 15) is 5.11 Å². The van der Waals surface area contributed by atoms with Crippen molar-refractivity contribution in [2.24, 2.45) is 0 Å². The molecule has 0 atom stereocenters. The van der Waals surface area contributed by atoms with Gasteiger partial charge in [-0.25, -0.2) is 0 Å². The van der Waals surface area contributed by atoms with Crippen LogP contribution in [0.1, 0.15) is 27.2 Å². The summed E-state index contributed by atoms with van der Waals surface area (Å²) in [6.07, 6.45) is 0.732. The summed E-state index contributed by atoms with van der Waals surface area (Å²) in [5.74, 6) is 1.68. The summed E-state index contributed by atoms with van der Waals surface area (Å²) >= 11 is 1.65. The molecule has 0 fully saturated rings. The number of thioether (sulfide) groups is 1. The van der Waals surface area contributed by atoms with Gasteiger partial charge in [-0.15, -0.1) is 11.8 Å². The molecule has 0 aliphatic carbocycles. The van der Waals surface area contributed by atoms with Crippen molar-refractivity contribution in [3.63, 3.8) is 0 Å². The zero-order valence-corrected chi connectivity index (χ0v) is 11.5. The molecule has 0 aromatic heterocycles. The summed E-state index contributed by atoms with van der Waals surface area (Å²) in [7, 11) is 0. The third-order valence-electron chi connectivity index (χ3n) is 2.27. The SMILES string of the molecule is CCOc1ccc(N)c(SCCC(C)(C)O)c1. The Kier molecular flexibility index (Phi) is 5.15. The largest absolute Gasteiger partial charge is 0.494 e. The molecule has 1 aromatic carbocycles. The summed E-state index contributed by atoms with van der Waals surface area (Å²) in [4.78, 5) is 1.01. The molecule has 0 saturated carbocycles. The number of benzene rings is 1. The highest BCUT2D eigenvalue weighted by atomic mass is 32.2. The third kappa shape index (κ3) is 5.33. The Morgan fingerprint density at radius 3 is 2.71 bits per heavy atom. The number of anilines is 1. The molecule has 0 amide bonds. The lowest BCUT2D eigenvalue weighted by atomic mass is 10.1. The van der Waals surface area contributed by atoms with Crippen LogP contribution in [-0.2, 0) is 0 Å². The van der Waals surface area contributed by atoms with Gasteiger partial charge in [-0.3, -0.25) is 0 Å². The first-order valence-corrected chi connectivity index (χ1v) is 6.78. The van der Waals surface area contributed by atoms with Gasteiger partial charge in [0.05, 0.1) is 12.2 Å². The molecule has 4 heteroatoms. The average molecular weight is 255 g/mol. The second-order valence-electron chi connectivity index (χ2n) is 4.54. The average Bonchev–Trinajstić information content (AvgIpc) is 2.21. The lowest BCUT2D eigenvalue weighted by Crippen LogP contribution is -2.19. The quantitative estimate of drug-likeness (QED) is 0.606. The monoisotopic (exact) mass is 255 g/mol. The Morgan fingerprint density at radius 1 is 1.41 bits per heavy atom. The summed E-state index contributed by atoms with van der Waals surface area (Å²) in [5, 5.41) is 9.63. The van der Waals surface area contributed by atoms with E-state index < -0.39 is 5.60 Å². The van der Waals surface area contributed by atoms with E-state index in [2.05, 4.69) is 0 Å². The number of hydrogen-bond acceptors (Lipinski definition) is 4. The third-order valence-corrected chi connectivity index (χ3v) is 3.34. The van der Waals surface area contributed by atoms with E-state index in [1.54, 1.807) is 11.8 Å².